The van der Waals surface area contributed by atoms with Gasteiger partial charge in [-0.1, -0.05) is 78.1 Å². The van der Waals surface area contributed by atoms with E-state index in [9.17, 15) is 17.6 Å². The van der Waals surface area contributed by atoms with Crippen molar-refractivity contribution >= 4 is 0 Å². The molecule has 0 aromatic carbocycles. The van der Waals surface area contributed by atoms with Crippen molar-refractivity contribution in [3.8, 4) is 0 Å². The Hall–Kier alpha value is -0.280. The van der Waals surface area contributed by atoms with Crippen LogP contribution in [0.2, 0.25) is 0 Å². The van der Waals surface area contributed by atoms with Gasteiger partial charge in [-0.2, -0.15) is 17.6 Å². The molecule has 0 nitrogen and oxygen atoms in total. The summed E-state index contributed by atoms with van der Waals surface area (Å²) in [6, 6.07) is 0. The van der Waals surface area contributed by atoms with Crippen LogP contribution in [-0.2, 0) is 0 Å². The molecule has 0 aliphatic rings. The summed E-state index contributed by atoms with van der Waals surface area (Å²) in [6.45, 7) is 4.16. The summed E-state index contributed by atoms with van der Waals surface area (Å²) in [5.74, 6) is -7.69. The third-order valence-corrected chi connectivity index (χ3v) is 4.22. The highest BCUT2D eigenvalue weighted by molar-refractivity contribution is 4.84. The summed E-state index contributed by atoms with van der Waals surface area (Å²) in [6.07, 6.45) is 8.40. The number of unbranched alkanes of at least 4 members (excludes halogenated alkanes) is 10. The van der Waals surface area contributed by atoms with Gasteiger partial charge in [0.15, 0.2) is 0 Å². The highest BCUT2D eigenvalue weighted by Gasteiger charge is 2.54. The number of rotatable bonds is 15. The second kappa shape index (κ2) is 12.2. The molecule has 0 radical (unpaired) electrons. The molecule has 0 N–H and O–H groups in total. The first-order valence-corrected chi connectivity index (χ1v) is 9.13. The van der Waals surface area contributed by atoms with Gasteiger partial charge in [0.1, 0.15) is 0 Å². The van der Waals surface area contributed by atoms with Gasteiger partial charge in [0.05, 0.1) is 0 Å². The molecule has 0 amide bonds. The van der Waals surface area contributed by atoms with Gasteiger partial charge in [-0.3, -0.25) is 0 Å². The predicted molar refractivity (Wildman–Crippen MR) is 85.9 cm³/mol. The molecular weight excluding hydrogens is 292 g/mol. The molecule has 0 bridgehead atoms. The van der Waals surface area contributed by atoms with Crippen LogP contribution in [-0.4, -0.2) is 11.8 Å². The fourth-order valence-corrected chi connectivity index (χ4v) is 2.62. The van der Waals surface area contributed by atoms with E-state index >= 15 is 0 Å². The summed E-state index contributed by atoms with van der Waals surface area (Å²) < 4.78 is 54.6. The van der Waals surface area contributed by atoms with Crippen molar-refractivity contribution in [2.24, 2.45) is 0 Å². The highest BCUT2D eigenvalue weighted by Crippen LogP contribution is 2.41. The first-order chi connectivity index (χ1) is 10.4. The molecule has 0 fully saturated rings. The maximum Gasteiger partial charge on any atom is 0.310 e. The van der Waals surface area contributed by atoms with Gasteiger partial charge in [0.2, 0.25) is 0 Å². The lowest BCUT2D eigenvalue weighted by atomic mass is 9.98. The van der Waals surface area contributed by atoms with Crippen molar-refractivity contribution in [2.45, 2.75) is 116 Å². The molecule has 0 aliphatic heterocycles. The Labute approximate surface area is 134 Å². The number of hydrogen-bond acceptors (Lipinski definition) is 0. The van der Waals surface area contributed by atoms with Crippen LogP contribution in [0.1, 0.15) is 104 Å². The molecule has 0 rings (SSSR count). The quantitative estimate of drug-likeness (QED) is 0.213. The molecule has 0 atom stereocenters. The molecule has 0 saturated heterocycles. The van der Waals surface area contributed by atoms with E-state index in [0.717, 1.165) is 51.4 Å². The van der Waals surface area contributed by atoms with Gasteiger partial charge in [0.25, 0.3) is 0 Å². The van der Waals surface area contributed by atoms with Gasteiger partial charge in [0, 0.05) is 12.8 Å². The van der Waals surface area contributed by atoms with E-state index in [1.165, 1.54) is 0 Å². The molecule has 134 valence electrons. The Bertz CT molecular complexity index is 225. The Morgan fingerprint density at radius 3 is 1.05 bits per heavy atom. The molecule has 0 spiro atoms. The van der Waals surface area contributed by atoms with Crippen molar-refractivity contribution in [1.82, 2.24) is 0 Å². The number of halogens is 4. The van der Waals surface area contributed by atoms with Crippen LogP contribution in [0.3, 0.4) is 0 Å². The molecule has 0 aromatic heterocycles. The molecule has 4 heteroatoms. The zero-order valence-corrected chi connectivity index (χ0v) is 14.4. The van der Waals surface area contributed by atoms with Crippen LogP contribution in [0.25, 0.3) is 0 Å². The molecule has 22 heavy (non-hydrogen) atoms. The van der Waals surface area contributed by atoms with E-state index in [2.05, 4.69) is 13.8 Å². The van der Waals surface area contributed by atoms with Crippen LogP contribution >= 0.6 is 0 Å². The highest BCUT2D eigenvalue weighted by atomic mass is 19.3. The number of alkyl halides is 4. The van der Waals surface area contributed by atoms with Crippen LogP contribution in [0.15, 0.2) is 0 Å². The van der Waals surface area contributed by atoms with E-state index < -0.39 is 24.7 Å². The smallest absolute Gasteiger partial charge is 0.200 e. The monoisotopic (exact) mass is 326 g/mol. The fraction of sp³-hybridized carbons (Fsp3) is 1.00. The minimum Gasteiger partial charge on any atom is -0.200 e. The molecule has 0 unspecified atom stereocenters. The van der Waals surface area contributed by atoms with Crippen molar-refractivity contribution < 1.29 is 17.6 Å². The minimum absolute atomic E-state index is 0.197. The molecule has 0 aliphatic carbocycles. The normalized spacial score (nSPS) is 12.8. The first-order valence-electron chi connectivity index (χ1n) is 9.13. The summed E-state index contributed by atoms with van der Waals surface area (Å²) >= 11 is 0. The standard InChI is InChI=1S/C18H34F4/c1-3-5-7-9-11-13-15-17(19,20)18(21,22)16-14-12-10-8-6-4-2/h3-16H2,1-2H3. The molecule has 0 heterocycles. The van der Waals surface area contributed by atoms with E-state index in [-0.39, 0.29) is 12.8 Å². The lowest BCUT2D eigenvalue weighted by Gasteiger charge is -2.26. The van der Waals surface area contributed by atoms with E-state index in [1.807, 2.05) is 0 Å². The Kier molecular flexibility index (Phi) is 12.0. The fourth-order valence-electron chi connectivity index (χ4n) is 2.62. The number of hydrogen-bond donors (Lipinski definition) is 0. The third-order valence-electron chi connectivity index (χ3n) is 4.22. The van der Waals surface area contributed by atoms with Gasteiger partial charge >= 0.3 is 11.8 Å². The Balaban J connectivity index is 3.87. The predicted octanol–water partition coefficient (Wildman–Crippen LogP) is 7.76. The molecule has 0 saturated carbocycles. The zero-order valence-electron chi connectivity index (χ0n) is 14.4. The summed E-state index contributed by atoms with van der Waals surface area (Å²) in [5, 5.41) is 0. The van der Waals surface area contributed by atoms with Crippen molar-refractivity contribution in [2.75, 3.05) is 0 Å². The zero-order chi connectivity index (χ0) is 16.9. The SMILES string of the molecule is CCCCCCCCC(F)(F)C(F)(F)CCCCCCCC. The van der Waals surface area contributed by atoms with Crippen LogP contribution in [0.4, 0.5) is 17.6 Å². The van der Waals surface area contributed by atoms with Crippen molar-refractivity contribution in [3.63, 3.8) is 0 Å². The van der Waals surface area contributed by atoms with E-state index in [0.29, 0.717) is 12.8 Å². The average molecular weight is 326 g/mol. The third kappa shape index (κ3) is 9.68. The van der Waals surface area contributed by atoms with Crippen LogP contribution in [0, 0.1) is 0 Å². The Morgan fingerprint density at radius 1 is 0.455 bits per heavy atom. The summed E-state index contributed by atoms with van der Waals surface area (Å²) in [7, 11) is 0. The molecular formula is C18H34F4. The first kappa shape index (κ1) is 21.7. The van der Waals surface area contributed by atoms with Gasteiger partial charge in [-0.25, -0.2) is 0 Å². The lowest BCUT2D eigenvalue weighted by molar-refractivity contribution is -0.216. The second-order valence-electron chi connectivity index (χ2n) is 6.44. The van der Waals surface area contributed by atoms with Crippen molar-refractivity contribution in [3.05, 3.63) is 0 Å². The van der Waals surface area contributed by atoms with Gasteiger partial charge in [-0.15, -0.1) is 0 Å². The van der Waals surface area contributed by atoms with E-state index in [4.69, 9.17) is 0 Å². The second-order valence-corrected chi connectivity index (χ2v) is 6.44. The minimum atomic E-state index is -3.85. The van der Waals surface area contributed by atoms with E-state index in [1.54, 1.807) is 0 Å². The maximum absolute atomic E-state index is 13.7. The maximum atomic E-state index is 13.7. The largest absolute Gasteiger partial charge is 0.310 e. The topological polar surface area (TPSA) is 0 Å². The van der Waals surface area contributed by atoms with Crippen LogP contribution in [0.5, 0.6) is 0 Å². The van der Waals surface area contributed by atoms with Gasteiger partial charge in [-0.05, 0) is 12.8 Å². The van der Waals surface area contributed by atoms with Crippen molar-refractivity contribution in [1.29, 1.82) is 0 Å². The van der Waals surface area contributed by atoms with Crippen LogP contribution < -0.4 is 0 Å². The lowest BCUT2D eigenvalue weighted by Crippen LogP contribution is -2.40. The van der Waals surface area contributed by atoms with Gasteiger partial charge < -0.3 is 0 Å². The summed E-state index contributed by atoms with van der Waals surface area (Å²) in [5.41, 5.74) is 0. The average Bonchev–Trinajstić information content (AvgIpc) is 2.46. The molecule has 0 aromatic rings. The summed E-state index contributed by atoms with van der Waals surface area (Å²) in [4.78, 5) is 0. The Morgan fingerprint density at radius 2 is 0.727 bits per heavy atom.